The molecule has 19 heavy (non-hydrogen) atoms. The SMILES string of the molecule is COCc1nc2n(n1)CCC[C@H]2NC1CCSCC1. The smallest absolute Gasteiger partial charge is 0.176 e. The number of hydrogen-bond acceptors (Lipinski definition) is 5. The second-order valence-electron chi connectivity index (χ2n) is 5.29. The summed E-state index contributed by atoms with van der Waals surface area (Å²) in [6.07, 6.45) is 4.91. The zero-order valence-electron chi connectivity index (χ0n) is 11.5. The van der Waals surface area contributed by atoms with Crippen LogP contribution in [0.3, 0.4) is 0 Å². The van der Waals surface area contributed by atoms with Crippen molar-refractivity contribution in [3.8, 4) is 0 Å². The van der Waals surface area contributed by atoms with E-state index in [2.05, 4.69) is 31.8 Å². The number of nitrogens with zero attached hydrogens (tertiary/aromatic N) is 3. The standard InChI is InChI=1S/C13H22N4OS/c1-18-9-12-15-13-11(3-2-6-17(13)16-12)14-10-4-7-19-8-5-10/h10-11,14H,2-9H2,1H3/t11-/m1/s1. The van der Waals surface area contributed by atoms with Crippen LogP contribution >= 0.6 is 11.8 Å². The van der Waals surface area contributed by atoms with E-state index in [1.165, 1.54) is 37.2 Å². The van der Waals surface area contributed by atoms with Gasteiger partial charge in [0.2, 0.25) is 0 Å². The summed E-state index contributed by atoms with van der Waals surface area (Å²) in [5, 5.41) is 8.31. The summed E-state index contributed by atoms with van der Waals surface area (Å²) < 4.78 is 7.19. The van der Waals surface area contributed by atoms with Gasteiger partial charge < -0.3 is 10.1 Å². The summed E-state index contributed by atoms with van der Waals surface area (Å²) in [7, 11) is 1.69. The van der Waals surface area contributed by atoms with Gasteiger partial charge in [-0.25, -0.2) is 9.67 Å². The van der Waals surface area contributed by atoms with E-state index in [-0.39, 0.29) is 0 Å². The molecule has 1 atom stereocenters. The number of hydrogen-bond donors (Lipinski definition) is 1. The number of ether oxygens (including phenoxy) is 1. The van der Waals surface area contributed by atoms with Gasteiger partial charge >= 0.3 is 0 Å². The molecule has 0 aromatic carbocycles. The van der Waals surface area contributed by atoms with E-state index in [0.29, 0.717) is 18.7 Å². The number of methoxy groups -OCH3 is 1. The van der Waals surface area contributed by atoms with Crippen LogP contribution in [-0.4, -0.2) is 39.4 Å². The second-order valence-corrected chi connectivity index (χ2v) is 6.52. The Hall–Kier alpha value is -0.590. The van der Waals surface area contributed by atoms with Gasteiger partial charge in [0.15, 0.2) is 5.82 Å². The van der Waals surface area contributed by atoms with Crippen molar-refractivity contribution in [2.75, 3.05) is 18.6 Å². The molecule has 0 unspecified atom stereocenters. The van der Waals surface area contributed by atoms with Crippen molar-refractivity contribution in [3.05, 3.63) is 11.6 Å². The Morgan fingerprint density at radius 1 is 1.37 bits per heavy atom. The Morgan fingerprint density at radius 3 is 3.00 bits per heavy atom. The summed E-state index contributed by atoms with van der Waals surface area (Å²) >= 11 is 2.07. The highest BCUT2D eigenvalue weighted by molar-refractivity contribution is 7.99. The monoisotopic (exact) mass is 282 g/mol. The molecule has 2 aliphatic rings. The average Bonchev–Trinajstić information content (AvgIpc) is 2.84. The molecule has 3 rings (SSSR count). The lowest BCUT2D eigenvalue weighted by atomic mass is 10.0. The van der Waals surface area contributed by atoms with E-state index in [1.807, 2.05) is 0 Å². The van der Waals surface area contributed by atoms with Crippen molar-refractivity contribution in [1.29, 1.82) is 0 Å². The Balaban J connectivity index is 1.70. The normalized spacial score (nSPS) is 24.4. The molecule has 6 heteroatoms. The summed E-state index contributed by atoms with van der Waals surface area (Å²) in [6.45, 7) is 1.50. The summed E-state index contributed by atoms with van der Waals surface area (Å²) in [5.74, 6) is 4.49. The fourth-order valence-corrected chi connectivity index (χ4v) is 4.00. The van der Waals surface area contributed by atoms with Gasteiger partial charge in [-0.3, -0.25) is 0 Å². The maximum absolute atomic E-state index is 5.13. The molecule has 3 heterocycles. The number of thioether (sulfide) groups is 1. The van der Waals surface area contributed by atoms with Crippen LogP contribution in [0, 0.1) is 0 Å². The molecule has 1 saturated heterocycles. The van der Waals surface area contributed by atoms with Crippen LogP contribution in [0.4, 0.5) is 0 Å². The van der Waals surface area contributed by atoms with Crippen LogP contribution in [0.15, 0.2) is 0 Å². The lowest BCUT2D eigenvalue weighted by Crippen LogP contribution is -2.38. The van der Waals surface area contributed by atoms with Crippen molar-refractivity contribution >= 4 is 11.8 Å². The number of fused-ring (bicyclic) bond motifs is 1. The molecular formula is C13H22N4OS. The third kappa shape index (κ3) is 3.12. The number of rotatable bonds is 4. The van der Waals surface area contributed by atoms with E-state index in [4.69, 9.17) is 4.74 Å². The molecule has 1 N–H and O–H groups in total. The first-order valence-electron chi connectivity index (χ1n) is 7.13. The van der Waals surface area contributed by atoms with Gasteiger partial charge in [-0.15, -0.1) is 0 Å². The highest BCUT2D eigenvalue weighted by Gasteiger charge is 2.26. The number of aromatic nitrogens is 3. The maximum atomic E-state index is 5.13. The Labute approximate surface area is 118 Å². The molecule has 0 spiro atoms. The maximum Gasteiger partial charge on any atom is 0.176 e. The average molecular weight is 282 g/mol. The molecule has 1 aromatic rings. The minimum absolute atomic E-state index is 0.375. The van der Waals surface area contributed by atoms with Crippen LogP contribution in [0.1, 0.15) is 43.4 Å². The molecule has 0 aliphatic carbocycles. The Bertz CT molecular complexity index is 417. The molecule has 2 aliphatic heterocycles. The van der Waals surface area contributed by atoms with E-state index in [9.17, 15) is 0 Å². The summed E-state index contributed by atoms with van der Waals surface area (Å²) in [5.41, 5.74) is 0. The van der Waals surface area contributed by atoms with Crippen LogP contribution in [0.2, 0.25) is 0 Å². The molecular weight excluding hydrogens is 260 g/mol. The molecule has 5 nitrogen and oxygen atoms in total. The lowest BCUT2D eigenvalue weighted by molar-refractivity contribution is 0.177. The molecule has 106 valence electrons. The van der Waals surface area contributed by atoms with E-state index < -0.39 is 0 Å². The van der Waals surface area contributed by atoms with Crippen molar-refractivity contribution < 1.29 is 4.74 Å². The highest BCUT2D eigenvalue weighted by atomic mass is 32.2. The topological polar surface area (TPSA) is 52.0 Å². The first-order chi connectivity index (χ1) is 9.36. The van der Waals surface area contributed by atoms with Crippen molar-refractivity contribution in [3.63, 3.8) is 0 Å². The second kappa shape index (κ2) is 6.24. The van der Waals surface area contributed by atoms with Crippen LogP contribution in [-0.2, 0) is 17.9 Å². The molecule has 0 bridgehead atoms. The minimum Gasteiger partial charge on any atom is -0.377 e. The van der Waals surface area contributed by atoms with Crippen LogP contribution < -0.4 is 5.32 Å². The predicted molar refractivity (Wildman–Crippen MR) is 76.2 cm³/mol. The summed E-state index contributed by atoms with van der Waals surface area (Å²) in [4.78, 5) is 4.65. The molecule has 1 aromatic heterocycles. The third-order valence-corrected chi connectivity index (χ3v) is 4.90. The van der Waals surface area contributed by atoms with Gasteiger partial charge in [0, 0.05) is 19.7 Å². The van der Waals surface area contributed by atoms with E-state index in [1.54, 1.807) is 7.11 Å². The number of nitrogens with one attached hydrogen (secondary N) is 1. The Morgan fingerprint density at radius 2 is 2.21 bits per heavy atom. The van der Waals surface area contributed by atoms with Crippen LogP contribution in [0.5, 0.6) is 0 Å². The lowest BCUT2D eigenvalue weighted by Gasteiger charge is -2.30. The zero-order valence-corrected chi connectivity index (χ0v) is 12.3. The van der Waals surface area contributed by atoms with E-state index in [0.717, 1.165) is 18.2 Å². The Kier molecular flexibility index (Phi) is 4.40. The van der Waals surface area contributed by atoms with Crippen LogP contribution in [0.25, 0.3) is 0 Å². The van der Waals surface area contributed by atoms with Gasteiger partial charge in [0.05, 0.1) is 6.04 Å². The molecule has 0 saturated carbocycles. The first-order valence-corrected chi connectivity index (χ1v) is 8.28. The van der Waals surface area contributed by atoms with Crippen molar-refractivity contribution in [1.82, 2.24) is 20.1 Å². The van der Waals surface area contributed by atoms with Crippen molar-refractivity contribution in [2.45, 2.75) is 50.9 Å². The fraction of sp³-hybridized carbons (Fsp3) is 0.846. The zero-order chi connectivity index (χ0) is 13.1. The first kappa shape index (κ1) is 13.4. The molecule has 0 amide bonds. The van der Waals surface area contributed by atoms with Gasteiger partial charge in [0.25, 0.3) is 0 Å². The molecule has 1 fully saturated rings. The minimum atomic E-state index is 0.375. The number of aryl methyl sites for hydroxylation is 1. The molecule has 0 radical (unpaired) electrons. The largest absolute Gasteiger partial charge is 0.377 e. The van der Waals surface area contributed by atoms with Gasteiger partial charge in [0.1, 0.15) is 12.4 Å². The van der Waals surface area contributed by atoms with Gasteiger partial charge in [-0.1, -0.05) is 0 Å². The fourth-order valence-electron chi connectivity index (χ4n) is 2.90. The third-order valence-electron chi connectivity index (χ3n) is 3.85. The van der Waals surface area contributed by atoms with Gasteiger partial charge in [-0.05, 0) is 37.2 Å². The highest BCUT2D eigenvalue weighted by Crippen LogP contribution is 2.26. The predicted octanol–water partition coefficient (Wildman–Crippen LogP) is 1.74. The summed E-state index contributed by atoms with van der Waals surface area (Å²) in [6, 6.07) is 1.03. The quantitative estimate of drug-likeness (QED) is 0.911. The van der Waals surface area contributed by atoms with Crippen molar-refractivity contribution in [2.24, 2.45) is 0 Å². The van der Waals surface area contributed by atoms with E-state index >= 15 is 0 Å². The van der Waals surface area contributed by atoms with Gasteiger partial charge in [-0.2, -0.15) is 16.9 Å².